The molecule has 74 valence electrons. The zero-order chi connectivity index (χ0) is 10.1. The third-order valence-electron chi connectivity index (χ3n) is 1.32. The number of aliphatic hydroxyl groups is 1. The fourth-order valence-electron chi connectivity index (χ4n) is 0.724. The Bertz CT molecular complexity index is 194. The Morgan fingerprint density at radius 1 is 1.54 bits per heavy atom. The number of aliphatic hydroxyl groups excluding tert-OH is 1. The van der Waals surface area contributed by atoms with Crippen LogP contribution in [-0.2, 0) is 9.53 Å². The van der Waals surface area contributed by atoms with Gasteiger partial charge < -0.3 is 9.84 Å². The van der Waals surface area contributed by atoms with Gasteiger partial charge in [0.2, 0.25) is 6.29 Å². The van der Waals surface area contributed by atoms with Gasteiger partial charge in [0.25, 0.3) is 0 Å². The van der Waals surface area contributed by atoms with Crippen molar-refractivity contribution in [3.8, 4) is 0 Å². The molecular formula is C10H16O3. The largest absolute Gasteiger partial charge is 0.433 e. The molecule has 13 heavy (non-hydrogen) atoms. The van der Waals surface area contributed by atoms with Crippen molar-refractivity contribution in [3.05, 3.63) is 24.3 Å². The van der Waals surface area contributed by atoms with Gasteiger partial charge in [-0.15, -0.1) is 0 Å². The zero-order valence-corrected chi connectivity index (χ0v) is 8.06. The Kier molecular flexibility index (Phi) is 6.92. The average molecular weight is 184 g/mol. The Morgan fingerprint density at radius 3 is 2.77 bits per heavy atom. The molecule has 0 fully saturated rings. The SMILES string of the molecule is CC=CC=CC(=O)OC(O)CCC. The monoisotopic (exact) mass is 184 g/mol. The molecule has 0 saturated heterocycles. The van der Waals surface area contributed by atoms with Crippen LogP contribution in [0.25, 0.3) is 0 Å². The molecule has 3 nitrogen and oxygen atoms in total. The van der Waals surface area contributed by atoms with E-state index in [0.29, 0.717) is 6.42 Å². The Labute approximate surface area is 78.7 Å². The van der Waals surface area contributed by atoms with Crippen LogP contribution in [0.4, 0.5) is 0 Å². The molecule has 1 atom stereocenters. The van der Waals surface area contributed by atoms with Crippen molar-refractivity contribution >= 4 is 5.97 Å². The number of hydrogen-bond donors (Lipinski definition) is 1. The molecule has 0 spiro atoms. The molecule has 0 amide bonds. The lowest BCUT2D eigenvalue weighted by Crippen LogP contribution is -2.15. The van der Waals surface area contributed by atoms with Crippen LogP contribution in [0.1, 0.15) is 26.7 Å². The van der Waals surface area contributed by atoms with E-state index in [1.165, 1.54) is 6.08 Å². The van der Waals surface area contributed by atoms with E-state index in [0.717, 1.165) is 6.42 Å². The number of rotatable bonds is 5. The van der Waals surface area contributed by atoms with Crippen molar-refractivity contribution in [2.45, 2.75) is 33.0 Å². The van der Waals surface area contributed by atoms with Crippen LogP contribution < -0.4 is 0 Å². The van der Waals surface area contributed by atoms with Gasteiger partial charge in [0, 0.05) is 12.5 Å². The Morgan fingerprint density at radius 2 is 2.23 bits per heavy atom. The maximum atomic E-state index is 10.9. The van der Waals surface area contributed by atoms with E-state index < -0.39 is 12.3 Å². The van der Waals surface area contributed by atoms with E-state index in [9.17, 15) is 4.79 Å². The van der Waals surface area contributed by atoms with Crippen molar-refractivity contribution in [2.24, 2.45) is 0 Å². The normalized spacial score (nSPS) is 13.8. The number of allylic oxidation sites excluding steroid dienone is 3. The fraction of sp³-hybridized carbons (Fsp3) is 0.500. The first-order valence-electron chi connectivity index (χ1n) is 4.38. The summed E-state index contributed by atoms with van der Waals surface area (Å²) in [5.74, 6) is -0.515. The lowest BCUT2D eigenvalue weighted by molar-refractivity contribution is -0.162. The van der Waals surface area contributed by atoms with Crippen LogP contribution in [0, 0.1) is 0 Å². The number of carbonyl (C=O) groups excluding carboxylic acids is 1. The van der Waals surface area contributed by atoms with Gasteiger partial charge in [0.15, 0.2) is 0 Å². The second-order valence-electron chi connectivity index (χ2n) is 2.57. The van der Waals surface area contributed by atoms with Crippen LogP contribution in [0.15, 0.2) is 24.3 Å². The van der Waals surface area contributed by atoms with Gasteiger partial charge in [0.05, 0.1) is 0 Å². The van der Waals surface area contributed by atoms with Crippen molar-refractivity contribution in [1.29, 1.82) is 0 Å². The fourth-order valence-corrected chi connectivity index (χ4v) is 0.724. The van der Waals surface area contributed by atoms with Crippen molar-refractivity contribution < 1.29 is 14.6 Å². The van der Waals surface area contributed by atoms with Crippen molar-refractivity contribution in [1.82, 2.24) is 0 Å². The molecule has 0 radical (unpaired) electrons. The molecule has 0 rings (SSSR count). The summed E-state index contributed by atoms with van der Waals surface area (Å²) >= 11 is 0. The topological polar surface area (TPSA) is 46.5 Å². The standard InChI is InChI=1S/C10H16O3/c1-3-5-6-8-10(12)13-9(11)7-4-2/h3,5-6,8-9,11H,4,7H2,1-2H3. The summed E-state index contributed by atoms with van der Waals surface area (Å²) in [6.07, 6.45) is 6.64. The molecule has 1 N–H and O–H groups in total. The van der Waals surface area contributed by atoms with Crippen LogP contribution in [0.2, 0.25) is 0 Å². The Balaban J connectivity index is 3.73. The molecule has 0 aromatic carbocycles. The lowest BCUT2D eigenvalue weighted by atomic mass is 10.3. The first-order valence-corrected chi connectivity index (χ1v) is 4.38. The summed E-state index contributed by atoms with van der Waals surface area (Å²) < 4.78 is 4.63. The molecule has 0 aliphatic heterocycles. The highest BCUT2D eigenvalue weighted by Crippen LogP contribution is 1.98. The van der Waals surface area contributed by atoms with E-state index >= 15 is 0 Å². The first-order chi connectivity index (χ1) is 6.20. The minimum absolute atomic E-state index is 0.475. The van der Waals surface area contributed by atoms with Gasteiger partial charge in [-0.2, -0.15) is 0 Å². The molecule has 0 aliphatic rings. The minimum atomic E-state index is -0.979. The number of ether oxygens (including phenoxy) is 1. The summed E-state index contributed by atoms with van der Waals surface area (Å²) in [4.78, 5) is 10.9. The lowest BCUT2D eigenvalue weighted by Gasteiger charge is -2.08. The van der Waals surface area contributed by atoms with Gasteiger partial charge in [-0.05, 0) is 6.92 Å². The van der Waals surface area contributed by atoms with E-state index in [1.807, 2.05) is 13.8 Å². The molecule has 0 heterocycles. The third kappa shape index (κ3) is 7.28. The molecule has 0 saturated carbocycles. The van der Waals surface area contributed by atoms with Gasteiger partial charge >= 0.3 is 5.97 Å². The second-order valence-corrected chi connectivity index (χ2v) is 2.57. The molecule has 0 bridgehead atoms. The maximum Gasteiger partial charge on any atom is 0.333 e. The van der Waals surface area contributed by atoms with E-state index in [2.05, 4.69) is 4.74 Å². The van der Waals surface area contributed by atoms with Gasteiger partial charge in [0.1, 0.15) is 0 Å². The van der Waals surface area contributed by atoms with Crippen LogP contribution in [0.5, 0.6) is 0 Å². The maximum absolute atomic E-state index is 10.9. The number of hydrogen-bond acceptors (Lipinski definition) is 3. The summed E-state index contributed by atoms with van der Waals surface area (Å²) in [7, 11) is 0. The molecule has 3 heteroatoms. The van der Waals surface area contributed by atoms with E-state index in [4.69, 9.17) is 5.11 Å². The van der Waals surface area contributed by atoms with Crippen LogP contribution in [-0.4, -0.2) is 17.4 Å². The number of carbonyl (C=O) groups is 1. The number of esters is 1. The molecule has 0 aliphatic carbocycles. The van der Waals surface area contributed by atoms with E-state index in [-0.39, 0.29) is 0 Å². The highest BCUT2D eigenvalue weighted by atomic mass is 16.6. The zero-order valence-electron chi connectivity index (χ0n) is 8.06. The van der Waals surface area contributed by atoms with E-state index in [1.54, 1.807) is 18.2 Å². The Hall–Kier alpha value is -1.09. The predicted molar refractivity (Wildman–Crippen MR) is 51.0 cm³/mol. The average Bonchev–Trinajstić information content (AvgIpc) is 2.05. The van der Waals surface area contributed by atoms with Crippen LogP contribution in [0.3, 0.4) is 0 Å². The van der Waals surface area contributed by atoms with Crippen LogP contribution >= 0.6 is 0 Å². The van der Waals surface area contributed by atoms with Gasteiger partial charge in [-0.25, -0.2) is 4.79 Å². The summed E-state index contributed by atoms with van der Waals surface area (Å²) in [6, 6.07) is 0. The molecule has 0 aromatic rings. The third-order valence-corrected chi connectivity index (χ3v) is 1.32. The molecule has 0 aromatic heterocycles. The highest BCUT2D eigenvalue weighted by molar-refractivity contribution is 5.82. The van der Waals surface area contributed by atoms with Gasteiger partial charge in [-0.3, -0.25) is 0 Å². The van der Waals surface area contributed by atoms with Gasteiger partial charge in [-0.1, -0.05) is 31.6 Å². The van der Waals surface area contributed by atoms with Crippen molar-refractivity contribution in [2.75, 3.05) is 0 Å². The quantitative estimate of drug-likeness (QED) is 0.306. The summed E-state index contributed by atoms with van der Waals surface area (Å²) in [6.45, 7) is 3.76. The highest BCUT2D eigenvalue weighted by Gasteiger charge is 2.05. The predicted octanol–water partition coefficient (Wildman–Crippen LogP) is 1.78. The molecular weight excluding hydrogens is 168 g/mol. The summed E-state index contributed by atoms with van der Waals surface area (Å²) in [5.41, 5.74) is 0. The first kappa shape index (κ1) is 11.9. The minimum Gasteiger partial charge on any atom is -0.433 e. The second kappa shape index (κ2) is 7.55. The van der Waals surface area contributed by atoms with Crippen molar-refractivity contribution in [3.63, 3.8) is 0 Å². The summed E-state index contributed by atoms with van der Waals surface area (Å²) in [5, 5.41) is 9.08. The molecule has 1 unspecified atom stereocenters. The smallest absolute Gasteiger partial charge is 0.333 e.